The number of fused-ring (bicyclic) bond motifs is 4. The molecule has 0 aliphatic heterocycles. The van der Waals surface area contributed by atoms with Gasteiger partial charge in [-0.05, 0) is 84.5 Å². The molecule has 8 rings (SSSR count). The SMILES string of the molecule is CC1=Cc2cccc(-c3ccccc3)c2C1C(c1ccccc1)(c1ccccc1)C1c2cc(C(C)(C)C)ccc2-c2ccc(C(C)(C)C)cc21. The van der Waals surface area contributed by atoms with Crippen LogP contribution < -0.4 is 0 Å². The number of allylic oxidation sites excluding steroid dienone is 1. The lowest BCUT2D eigenvalue weighted by Crippen LogP contribution is -2.41. The van der Waals surface area contributed by atoms with Gasteiger partial charge in [0.25, 0.3) is 0 Å². The molecule has 50 heavy (non-hydrogen) atoms. The Morgan fingerprint density at radius 1 is 0.420 bits per heavy atom. The number of benzene rings is 6. The van der Waals surface area contributed by atoms with Crippen LogP contribution in [0.5, 0.6) is 0 Å². The molecule has 0 saturated heterocycles. The lowest BCUT2D eigenvalue weighted by atomic mass is 9.53. The number of rotatable bonds is 5. The van der Waals surface area contributed by atoms with Gasteiger partial charge in [-0.15, -0.1) is 0 Å². The predicted octanol–water partition coefficient (Wildman–Crippen LogP) is 13.2. The first-order chi connectivity index (χ1) is 24.0. The summed E-state index contributed by atoms with van der Waals surface area (Å²) in [7, 11) is 0. The molecule has 0 amide bonds. The summed E-state index contributed by atoms with van der Waals surface area (Å²) in [5.74, 6) is 0.143. The minimum Gasteiger partial charge on any atom is -0.0639 e. The van der Waals surface area contributed by atoms with Crippen LogP contribution in [0.3, 0.4) is 0 Å². The average Bonchev–Trinajstić information content (AvgIpc) is 3.63. The van der Waals surface area contributed by atoms with Crippen molar-refractivity contribution in [3.63, 3.8) is 0 Å². The Labute approximate surface area is 299 Å². The molecule has 0 nitrogen and oxygen atoms in total. The minimum atomic E-state index is -0.466. The Kier molecular flexibility index (Phi) is 7.64. The van der Waals surface area contributed by atoms with E-state index in [0.717, 1.165) is 0 Å². The van der Waals surface area contributed by atoms with Crippen LogP contribution in [0, 0.1) is 0 Å². The summed E-state index contributed by atoms with van der Waals surface area (Å²) in [6.45, 7) is 16.5. The van der Waals surface area contributed by atoms with Crippen LogP contribution >= 0.6 is 0 Å². The van der Waals surface area contributed by atoms with Gasteiger partial charge in [0, 0.05) is 17.3 Å². The van der Waals surface area contributed by atoms with Crippen molar-refractivity contribution in [1.29, 1.82) is 0 Å². The molecule has 0 bridgehead atoms. The van der Waals surface area contributed by atoms with Gasteiger partial charge in [-0.2, -0.15) is 0 Å². The lowest BCUT2D eigenvalue weighted by molar-refractivity contribution is 0.405. The molecule has 1 atom stereocenters. The molecule has 0 heterocycles. The van der Waals surface area contributed by atoms with Crippen molar-refractivity contribution in [3.8, 4) is 22.3 Å². The van der Waals surface area contributed by atoms with E-state index in [1.165, 1.54) is 72.3 Å². The molecule has 6 aromatic carbocycles. The summed E-state index contributed by atoms with van der Waals surface area (Å²) in [4.78, 5) is 0. The maximum absolute atomic E-state index is 2.56. The average molecular weight is 649 g/mol. The fourth-order valence-corrected chi connectivity index (χ4v) is 9.16. The smallest absolute Gasteiger partial charge is 0.0418 e. The topological polar surface area (TPSA) is 0 Å². The zero-order valence-electron chi connectivity index (χ0n) is 30.6. The Balaban J connectivity index is 1.56. The molecular formula is C50H48. The maximum atomic E-state index is 2.56. The van der Waals surface area contributed by atoms with E-state index in [9.17, 15) is 0 Å². The fraction of sp³-hybridized carbons (Fsp3) is 0.240. The lowest BCUT2D eigenvalue weighted by Gasteiger charge is -2.48. The second-order valence-corrected chi connectivity index (χ2v) is 16.6. The van der Waals surface area contributed by atoms with Gasteiger partial charge in [-0.25, -0.2) is 0 Å². The zero-order chi connectivity index (χ0) is 34.8. The molecule has 0 heteroatoms. The quantitative estimate of drug-likeness (QED) is 0.174. The van der Waals surface area contributed by atoms with Crippen molar-refractivity contribution < 1.29 is 0 Å². The highest BCUT2D eigenvalue weighted by molar-refractivity contribution is 5.85. The zero-order valence-corrected chi connectivity index (χ0v) is 30.6. The highest BCUT2D eigenvalue weighted by Crippen LogP contribution is 2.65. The van der Waals surface area contributed by atoms with Gasteiger partial charge >= 0.3 is 0 Å². The van der Waals surface area contributed by atoms with Crippen molar-refractivity contribution in [2.75, 3.05) is 0 Å². The number of hydrogen-bond acceptors (Lipinski definition) is 0. The molecule has 0 N–H and O–H groups in total. The molecule has 2 aliphatic carbocycles. The Morgan fingerprint density at radius 2 is 0.900 bits per heavy atom. The van der Waals surface area contributed by atoms with Gasteiger partial charge in [-0.1, -0.05) is 199 Å². The van der Waals surface area contributed by atoms with E-state index in [0.29, 0.717) is 0 Å². The summed E-state index contributed by atoms with van der Waals surface area (Å²) in [5.41, 5.74) is 17.4. The van der Waals surface area contributed by atoms with Crippen LogP contribution in [-0.4, -0.2) is 0 Å². The minimum absolute atomic E-state index is 0.0172. The largest absolute Gasteiger partial charge is 0.0639 e. The van der Waals surface area contributed by atoms with Crippen molar-refractivity contribution in [2.24, 2.45) is 0 Å². The third-order valence-corrected chi connectivity index (χ3v) is 11.5. The fourth-order valence-electron chi connectivity index (χ4n) is 9.16. The molecule has 248 valence electrons. The molecule has 0 radical (unpaired) electrons. The first-order valence-corrected chi connectivity index (χ1v) is 18.3. The first-order valence-electron chi connectivity index (χ1n) is 18.3. The molecule has 2 aliphatic rings. The van der Waals surface area contributed by atoms with Gasteiger partial charge < -0.3 is 0 Å². The molecular weight excluding hydrogens is 601 g/mol. The van der Waals surface area contributed by atoms with E-state index in [1.54, 1.807) is 0 Å². The molecule has 0 fully saturated rings. The third-order valence-electron chi connectivity index (χ3n) is 11.5. The molecule has 6 aromatic rings. The van der Waals surface area contributed by atoms with Crippen LogP contribution in [0.1, 0.15) is 105 Å². The summed E-state index contributed by atoms with van der Waals surface area (Å²) < 4.78 is 0. The Bertz CT molecular complexity index is 2120. The van der Waals surface area contributed by atoms with Crippen molar-refractivity contribution in [3.05, 3.63) is 196 Å². The van der Waals surface area contributed by atoms with Crippen LogP contribution in [0.15, 0.2) is 151 Å². The van der Waals surface area contributed by atoms with E-state index >= 15 is 0 Å². The standard InChI is InChI=1S/C50H48/c1-33-30-35-20-17-25-40(34-18-11-8-12-19-34)45(35)46(33)50(36-21-13-9-14-22-36,37-23-15-10-16-24-37)47-43-31-38(48(2,3)4)26-28-41(43)42-29-27-39(32-44(42)47)49(5,6)7/h8-32,46-47H,1-7H3. The highest BCUT2D eigenvalue weighted by Gasteiger charge is 2.55. The normalized spacial score (nSPS) is 15.7. The van der Waals surface area contributed by atoms with E-state index < -0.39 is 5.41 Å². The molecule has 1 unspecified atom stereocenters. The van der Waals surface area contributed by atoms with Crippen molar-refractivity contribution in [2.45, 2.75) is 76.5 Å². The number of hydrogen-bond donors (Lipinski definition) is 0. The maximum Gasteiger partial charge on any atom is 0.0418 e. The monoisotopic (exact) mass is 648 g/mol. The van der Waals surface area contributed by atoms with Gasteiger partial charge in [0.2, 0.25) is 0 Å². The molecule has 0 aromatic heterocycles. The highest BCUT2D eigenvalue weighted by atomic mass is 14.6. The van der Waals surface area contributed by atoms with Gasteiger partial charge in [0.05, 0.1) is 0 Å². The Morgan fingerprint density at radius 3 is 1.38 bits per heavy atom. The second kappa shape index (κ2) is 11.8. The van der Waals surface area contributed by atoms with Gasteiger partial charge in [-0.3, -0.25) is 0 Å². The van der Waals surface area contributed by atoms with Crippen LogP contribution in [0.2, 0.25) is 0 Å². The predicted molar refractivity (Wildman–Crippen MR) is 213 cm³/mol. The van der Waals surface area contributed by atoms with Crippen molar-refractivity contribution >= 4 is 6.08 Å². The molecule has 0 spiro atoms. The van der Waals surface area contributed by atoms with Crippen LogP contribution in [0.4, 0.5) is 0 Å². The summed E-state index contributed by atoms with van der Waals surface area (Å²) in [5, 5.41) is 0. The summed E-state index contributed by atoms with van der Waals surface area (Å²) in [6, 6.07) is 55.6. The van der Waals surface area contributed by atoms with Gasteiger partial charge in [0.15, 0.2) is 0 Å². The van der Waals surface area contributed by atoms with Crippen LogP contribution in [-0.2, 0) is 16.2 Å². The van der Waals surface area contributed by atoms with E-state index in [-0.39, 0.29) is 22.7 Å². The first kappa shape index (κ1) is 32.3. The Hall–Kier alpha value is -4.94. The van der Waals surface area contributed by atoms with E-state index in [1.807, 2.05) is 0 Å². The van der Waals surface area contributed by atoms with E-state index in [2.05, 4.69) is 200 Å². The third kappa shape index (κ3) is 5.03. The van der Waals surface area contributed by atoms with E-state index in [4.69, 9.17) is 0 Å². The van der Waals surface area contributed by atoms with Crippen molar-refractivity contribution in [1.82, 2.24) is 0 Å². The van der Waals surface area contributed by atoms with Crippen LogP contribution in [0.25, 0.3) is 28.3 Å². The summed E-state index contributed by atoms with van der Waals surface area (Å²) in [6.07, 6.45) is 2.47. The summed E-state index contributed by atoms with van der Waals surface area (Å²) >= 11 is 0. The van der Waals surface area contributed by atoms with Gasteiger partial charge in [0.1, 0.15) is 0 Å². The second-order valence-electron chi connectivity index (χ2n) is 16.6. The molecule has 0 saturated carbocycles.